The first-order chi connectivity index (χ1) is 12.1. The van der Waals surface area contributed by atoms with Gasteiger partial charge in [-0.3, -0.25) is 4.79 Å². The fraction of sp³-hybridized carbons (Fsp3) is 0.556. The molecule has 0 aliphatic carbocycles. The van der Waals surface area contributed by atoms with E-state index in [1.54, 1.807) is 30.8 Å². The molecule has 0 aliphatic rings. The van der Waals surface area contributed by atoms with Crippen LogP contribution in [0.15, 0.2) is 29.3 Å². The van der Waals surface area contributed by atoms with Gasteiger partial charge in [0.25, 0.3) is 0 Å². The summed E-state index contributed by atoms with van der Waals surface area (Å²) in [5.74, 6) is 2.53. The summed E-state index contributed by atoms with van der Waals surface area (Å²) in [6.45, 7) is 4.32. The molecule has 0 saturated carbocycles. The first kappa shape index (κ1) is 21.2. The maximum atomic E-state index is 11.7. The van der Waals surface area contributed by atoms with E-state index in [-0.39, 0.29) is 12.5 Å². The number of nitrogens with one attached hydrogen (secondary N) is 2. The number of carbonyl (C=O) groups is 1. The third-order valence-corrected chi connectivity index (χ3v) is 4.00. The lowest BCUT2D eigenvalue weighted by Gasteiger charge is -2.14. The predicted molar refractivity (Wildman–Crippen MR) is 107 cm³/mol. The van der Waals surface area contributed by atoms with Gasteiger partial charge >= 0.3 is 0 Å². The number of guanidine groups is 1. The number of rotatable bonds is 10. The third-order valence-electron chi connectivity index (χ3n) is 3.39. The number of nitrogens with zero attached hydrogens (tertiary/aromatic N) is 2. The van der Waals surface area contributed by atoms with Gasteiger partial charge in [-0.1, -0.05) is 12.1 Å². The van der Waals surface area contributed by atoms with Crippen LogP contribution >= 0.6 is 11.8 Å². The smallest absolute Gasteiger partial charge is 0.243 e. The highest BCUT2D eigenvalue weighted by atomic mass is 32.2. The van der Waals surface area contributed by atoms with E-state index in [0.717, 1.165) is 31.0 Å². The molecule has 0 bridgehead atoms. The van der Waals surface area contributed by atoms with E-state index in [1.807, 2.05) is 19.1 Å². The molecule has 1 rings (SSSR count). The minimum absolute atomic E-state index is 0.0182. The minimum atomic E-state index is -0.0182. The van der Waals surface area contributed by atoms with Crippen molar-refractivity contribution in [3.63, 3.8) is 0 Å². The number of hydrogen-bond donors (Lipinski definition) is 2. The lowest BCUT2D eigenvalue weighted by atomic mass is 10.1. The van der Waals surface area contributed by atoms with Gasteiger partial charge in [-0.2, -0.15) is 11.8 Å². The molecule has 1 aromatic rings. The topological polar surface area (TPSA) is 66.0 Å². The van der Waals surface area contributed by atoms with E-state index in [1.165, 1.54) is 5.56 Å². The van der Waals surface area contributed by atoms with E-state index < -0.39 is 0 Å². The average molecular weight is 367 g/mol. The lowest BCUT2D eigenvalue weighted by molar-refractivity contribution is -0.127. The predicted octanol–water partition coefficient (Wildman–Crippen LogP) is 1.61. The van der Waals surface area contributed by atoms with Gasteiger partial charge in [-0.25, -0.2) is 4.99 Å². The Bertz CT molecular complexity index is 550. The zero-order chi connectivity index (χ0) is 18.5. The fourth-order valence-corrected chi connectivity index (χ4v) is 2.32. The summed E-state index contributed by atoms with van der Waals surface area (Å²) in [7, 11) is 3.47. The summed E-state index contributed by atoms with van der Waals surface area (Å²) >= 11 is 1.77. The van der Waals surface area contributed by atoms with Gasteiger partial charge in [0, 0.05) is 32.9 Å². The molecule has 1 amide bonds. The van der Waals surface area contributed by atoms with Crippen molar-refractivity contribution in [2.75, 3.05) is 52.3 Å². The Hall–Kier alpha value is -1.89. The van der Waals surface area contributed by atoms with Gasteiger partial charge in [-0.15, -0.1) is 0 Å². The normalized spacial score (nSPS) is 11.1. The standard InChI is InChI=1S/C18H30N4O2S/c1-5-24-16-8-6-7-15(13-16)9-10-19-18(20-11-12-25-4)21-14-17(23)22(2)3/h6-8,13H,5,9-12,14H2,1-4H3,(H2,19,20,21). The Labute approximate surface area is 155 Å². The van der Waals surface area contributed by atoms with E-state index in [9.17, 15) is 4.79 Å². The molecule has 1 aromatic carbocycles. The van der Waals surface area contributed by atoms with Crippen molar-refractivity contribution in [3.05, 3.63) is 29.8 Å². The largest absolute Gasteiger partial charge is 0.494 e. The molecule has 0 saturated heterocycles. The summed E-state index contributed by atoms with van der Waals surface area (Å²) in [6, 6.07) is 8.10. The van der Waals surface area contributed by atoms with Crippen molar-refractivity contribution in [2.24, 2.45) is 4.99 Å². The van der Waals surface area contributed by atoms with Crippen molar-refractivity contribution in [1.29, 1.82) is 0 Å². The molecule has 0 fully saturated rings. The second-order valence-electron chi connectivity index (χ2n) is 5.63. The van der Waals surface area contributed by atoms with E-state index in [0.29, 0.717) is 12.6 Å². The highest BCUT2D eigenvalue weighted by Gasteiger charge is 2.04. The van der Waals surface area contributed by atoms with Crippen LogP contribution in [0, 0.1) is 0 Å². The van der Waals surface area contributed by atoms with E-state index >= 15 is 0 Å². The first-order valence-electron chi connectivity index (χ1n) is 8.49. The maximum Gasteiger partial charge on any atom is 0.243 e. The van der Waals surface area contributed by atoms with Gasteiger partial charge in [0.1, 0.15) is 12.3 Å². The molecule has 0 heterocycles. The van der Waals surface area contributed by atoms with Crippen LogP contribution in [-0.4, -0.2) is 69.1 Å². The number of ether oxygens (including phenoxy) is 1. The Morgan fingerprint density at radius 3 is 2.72 bits per heavy atom. The van der Waals surface area contributed by atoms with Crippen LogP contribution in [0.5, 0.6) is 5.75 Å². The van der Waals surface area contributed by atoms with Crippen LogP contribution in [0.2, 0.25) is 0 Å². The fourth-order valence-electron chi connectivity index (χ4n) is 2.02. The molecule has 140 valence electrons. The third kappa shape index (κ3) is 9.24. The number of aliphatic imine (C=N–C) groups is 1. The molecule has 25 heavy (non-hydrogen) atoms. The SMILES string of the molecule is CCOc1cccc(CCNC(=NCC(=O)N(C)C)NCCSC)c1. The summed E-state index contributed by atoms with van der Waals surface area (Å²) in [5, 5.41) is 6.55. The summed E-state index contributed by atoms with van der Waals surface area (Å²) in [5.41, 5.74) is 1.20. The number of carbonyl (C=O) groups excluding carboxylic acids is 1. The Kier molecular flexibility index (Phi) is 10.6. The highest BCUT2D eigenvalue weighted by molar-refractivity contribution is 7.98. The van der Waals surface area contributed by atoms with Gasteiger partial charge in [0.15, 0.2) is 5.96 Å². The average Bonchev–Trinajstić information content (AvgIpc) is 2.59. The number of thioether (sulfide) groups is 1. The molecular formula is C18H30N4O2S. The van der Waals surface area contributed by atoms with E-state index in [4.69, 9.17) is 4.74 Å². The summed E-state index contributed by atoms with van der Waals surface area (Å²) < 4.78 is 5.53. The van der Waals surface area contributed by atoms with Gasteiger partial charge in [0.2, 0.25) is 5.91 Å². The Morgan fingerprint density at radius 2 is 2.04 bits per heavy atom. The van der Waals surface area contributed by atoms with Crippen LogP contribution in [0.1, 0.15) is 12.5 Å². The molecule has 2 N–H and O–H groups in total. The Morgan fingerprint density at radius 1 is 1.28 bits per heavy atom. The zero-order valence-electron chi connectivity index (χ0n) is 15.7. The monoisotopic (exact) mass is 366 g/mol. The molecule has 0 spiro atoms. The minimum Gasteiger partial charge on any atom is -0.494 e. The number of amides is 1. The van der Waals surface area contributed by atoms with Crippen LogP contribution in [-0.2, 0) is 11.2 Å². The molecule has 0 atom stereocenters. The Balaban J connectivity index is 2.54. The van der Waals surface area contributed by atoms with Gasteiger partial charge < -0.3 is 20.3 Å². The second kappa shape index (κ2) is 12.5. The molecule has 6 nitrogen and oxygen atoms in total. The maximum absolute atomic E-state index is 11.7. The summed E-state index contributed by atoms with van der Waals surface area (Å²) in [6.07, 6.45) is 2.92. The van der Waals surface area contributed by atoms with Crippen LogP contribution in [0.25, 0.3) is 0 Å². The molecule has 0 aliphatic heterocycles. The van der Waals surface area contributed by atoms with Crippen molar-refractivity contribution in [3.8, 4) is 5.75 Å². The van der Waals surface area contributed by atoms with Gasteiger partial charge in [0.05, 0.1) is 6.61 Å². The second-order valence-corrected chi connectivity index (χ2v) is 6.62. The number of hydrogen-bond acceptors (Lipinski definition) is 4. The van der Waals surface area contributed by atoms with Crippen LogP contribution in [0.3, 0.4) is 0 Å². The van der Waals surface area contributed by atoms with E-state index in [2.05, 4.69) is 34.0 Å². The molecule has 0 radical (unpaired) electrons. The number of likely N-dealkylation sites (N-methyl/N-ethyl adjacent to an activating group) is 1. The van der Waals surface area contributed by atoms with Gasteiger partial charge in [-0.05, 0) is 37.3 Å². The first-order valence-corrected chi connectivity index (χ1v) is 9.89. The lowest BCUT2D eigenvalue weighted by Crippen LogP contribution is -2.40. The van der Waals surface area contributed by atoms with Crippen molar-refractivity contribution >= 4 is 23.6 Å². The molecule has 7 heteroatoms. The number of benzene rings is 1. The molecule has 0 unspecified atom stereocenters. The quantitative estimate of drug-likeness (QED) is 0.374. The molecule has 0 aromatic heterocycles. The van der Waals surface area contributed by atoms with Crippen molar-refractivity contribution < 1.29 is 9.53 Å². The summed E-state index contributed by atoms with van der Waals surface area (Å²) in [4.78, 5) is 17.6. The van der Waals surface area contributed by atoms with Crippen LogP contribution < -0.4 is 15.4 Å². The highest BCUT2D eigenvalue weighted by Crippen LogP contribution is 2.13. The van der Waals surface area contributed by atoms with Crippen molar-refractivity contribution in [2.45, 2.75) is 13.3 Å². The molecular weight excluding hydrogens is 336 g/mol. The van der Waals surface area contributed by atoms with Crippen molar-refractivity contribution in [1.82, 2.24) is 15.5 Å². The van der Waals surface area contributed by atoms with Crippen LogP contribution in [0.4, 0.5) is 0 Å². The zero-order valence-corrected chi connectivity index (χ0v) is 16.5.